The molecule has 0 saturated heterocycles. The third-order valence-electron chi connectivity index (χ3n) is 8.90. The van der Waals surface area contributed by atoms with Crippen LogP contribution in [-0.4, -0.2) is 40.1 Å². The maximum absolute atomic E-state index is 12.7. The molecule has 0 aliphatic heterocycles. The summed E-state index contributed by atoms with van der Waals surface area (Å²) in [6, 6.07) is 0. The summed E-state index contributed by atoms with van der Waals surface area (Å²) in [7, 11) is 0.701. The minimum absolute atomic E-state index is 0.0875. The quantitative estimate of drug-likeness (QED) is 0.280. The third-order valence-corrected chi connectivity index (χ3v) is 13.4. The summed E-state index contributed by atoms with van der Waals surface area (Å²) in [6.07, 6.45) is 5.27. The van der Waals surface area contributed by atoms with Crippen LogP contribution in [0.5, 0.6) is 0 Å². The predicted molar refractivity (Wildman–Crippen MR) is 115 cm³/mol. The number of carbonyl (C=O) groups excluding carboxylic acids is 2. The summed E-state index contributed by atoms with van der Waals surface area (Å²) >= 11 is 0. The van der Waals surface area contributed by atoms with Crippen LogP contribution in [0, 0.1) is 22.7 Å². The zero-order valence-corrected chi connectivity index (χ0v) is 20.6. The SMILES string of the molecule is COC(=O)C1(C(=O)OC)C[C@@H]2C=C(C)[C@]3(O[Si](C)(C)C(C)(C)C)CC[C@]3(C)[C@H]2C1. The number of methoxy groups -OCH3 is 2. The molecule has 3 rings (SSSR count). The molecule has 0 spiro atoms. The van der Waals surface area contributed by atoms with Crippen molar-refractivity contribution < 1.29 is 23.5 Å². The van der Waals surface area contributed by atoms with Gasteiger partial charge in [-0.05, 0) is 68.1 Å². The van der Waals surface area contributed by atoms with Crippen LogP contribution < -0.4 is 0 Å². The zero-order chi connectivity index (χ0) is 22.0. The van der Waals surface area contributed by atoms with Crippen LogP contribution in [0.1, 0.15) is 60.3 Å². The van der Waals surface area contributed by atoms with Crippen LogP contribution in [0.2, 0.25) is 18.1 Å². The van der Waals surface area contributed by atoms with Crippen molar-refractivity contribution in [1.29, 1.82) is 0 Å². The van der Waals surface area contributed by atoms with Crippen LogP contribution in [0.4, 0.5) is 0 Å². The van der Waals surface area contributed by atoms with Gasteiger partial charge in [-0.3, -0.25) is 9.59 Å². The fourth-order valence-corrected chi connectivity index (χ4v) is 7.68. The maximum Gasteiger partial charge on any atom is 0.323 e. The van der Waals surface area contributed by atoms with Crippen molar-refractivity contribution in [3.63, 3.8) is 0 Å². The molecule has 0 aromatic rings. The lowest BCUT2D eigenvalue weighted by molar-refractivity contribution is -0.174. The molecule has 2 saturated carbocycles. The molecule has 0 heterocycles. The summed E-state index contributed by atoms with van der Waals surface area (Å²) in [4.78, 5) is 25.5. The van der Waals surface area contributed by atoms with Gasteiger partial charge in [-0.25, -0.2) is 0 Å². The maximum atomic E-state index is 12.7. The summed E-state index contributed by atoms with van der Waals surface area (Å²) in [5, 5.41) is 0.118. The standard InChI is InChI=1S/C23H38O5Si/c1-15-12-16-13-22(18(24)26-6,19(25)27-7)14-17(16)21(5)10-11-23(15,21)28-29(8,9)20(2,3)4/h12,16-17H,10-11,13-14H2,1-9H3/t16-,17-,21+,23+/m0/s1. The fourth-order valence-electron chi connectivity index (χ4n) is 6.01. The number of ether oxygens (including phenoxy) is 2. The van der Waals surface area contributed by atoms with Crippen molar-refractivity contribution in [1.82, 2.24) is 0 Å². The van der Waals surface area contributed by atoms with Gasteiger partial charge in [0, 0.05) is 5.41 Å². The average Bonchev–Trinajstić information content (AvgIpc) is 3.02. The molecule has 0 aromatic heterocycles. The van der Waals surface area contributed by atoms with Crippen molar-refractivity contribution >= 4 is 20.3 Å². The van der Waals surface area contributed by atoms with Gasteiger partial charge in [0.25, 0.3) is 0 Å². The molecular formula is C23H38O5Si. The Hall–Kier alpha value is -1.14. The van der Waals surface area contributed by atoms with E-state index in [0.717, 1.165) is 12.8 Å². The summed E-state index contributed by atoms with van der Waals surface area (Å²) in [6.45, 7) is 15.9. The summed E-state index contributed by atoms with van der Waals surface area (Å²) < 4.78 is 17.3. The molecule has 3 aliphatic rings. The molecule has 0 radical (unpaired) electrons. The molecule has 0 bridgehead atoms. The molecule has 0 aromatic carbocycles. The topological polar surface area (TPSA) is 61.8 Å². The minimum atomic E-state index is -2.01. The minimum Gasteiger partial charge on any atom is -0.468 e. The van der Waals surface area contributed by atoms with Gasteiger partial charge in [-0.1, -0.05) is 33.8 Å². The van der Waals surface area contributed by atoms with Crippen LogP contribution in [0.15, 0.2) is 11.6 Å². The van der Waals surface area contributed by atoms with E-state index in [-0.39, 0.29) is 27.9 Å². The Morgan fingerprint density at radius 3 is 2.03 bits per heavy atom. The summed E-state index contributed by atoms with van der Waals surface area (Å²) in [5.41, 5.74) is -0.320. The van der Waals surface area contributed by atoms with Gasteiger partial charge in [0.1, 0.15) is 0 Å². The van der Waals surface area contributed by atoms with E-state index in [1.54, 1.807) is 0 Å². The molecule has 3 aliphatic carbocycles. The normalized spacial score (nSPS) is 35.7. The van der Waals surface area contributed by atoms with Crippen LogP contribution >= 0.6 is 0 Å². The second-order valence-corrected chi connectivity index (χ2v) is 15.9. The van der Waals surface area contributed by atoms with Gasteiger partial charge in [-0.2, -0.15) is 0 Å². The van der Waals surface area contributed by atoms with Crippen molar-refractivity contribution in [2.75, 3.05) is 14.2 Å². The van der Waals surface area contributed by atoms with Gasteiger partial charge in [0.15, 0.2) is 13.7 Å². The highest BCUT2D eigenvalue weighted by atomic mass is 28.4. The Kier molecular flexibility index (Phi) is 5.19. The van der Waals surface area contributed by atoms with Gasteiger partial charge in [-0.15, -0.1) is 0 Å². The molecule has 6 heteroatoms. The van der Waals surface area contributed by atoms with E-state index in [4.69, 9.17) is 13.9 Å². The Balaban J connectivity index is 2.03. The lowest BCUT2D eigenvalue weighted by atomic mass is 9.45. The van der Waals surface area contributed by atoms with E-state index in [2.05, 4.69) is 53.8 Å². The molecule has 29 heavy (non-hydrogen) atoms. The van der Waals surface area contributed by atoms with Gasteiger partial charge < -0.3 is 13.9 Å². The Bertz CT molecular complexity index is 733. The van der Waals surface area contributed by atoms with E-state index in [9.17, 15) is 9.59 Å². The average molecular weight is 423 g/mol. The van der Waals surface area contributed by atoms with Crippen molar-refractivity contribution in [3.8, 4) is 0 Å². The zero-order valence-electron chi connectivity index (χ0n) is 19.6. The highest BCUT2D eigenvalue weighted by Crippen LogP contribution is 2.70. The monoisotopic (exact) mass is 422 g/mol. The largest absolute Gasteiger partial charge is 0.468 e. The highest BCUT2D eigenvalue weighted by Gasteiger charge is 2.71. The number of hydrogen-bond acceptors (Lipinski definition) is 5. The van der Waals surface area contributed by atoms with E-state index < -0.39 is 25.7 Å². The van der Waals surface area contributed by atoms with E-state index in [1.165, 1.54) is 19.8 Å². The Labute approximate surface area is 176 Å². The van der Waals surface area contributed by atoms with Gasteiger partial charge in [0.2, 0.25) is 0 Å². The molecule has 164 valence electrons. The predicted octanol–water partition coefficient (Wildman–Crippen LogP) is 4.87. The first-order valence-corrected chi connectivity index (χ1v) is 13.7. The van der Waals surface area contributed by atoms with E-state index in [1.807, 2.05) is 0 Å². The first kappa shape index (κ1) is 22.5. The number of fused-ring (bicyclic) bond motifs is 3. The van der Waals surface area contributed by atoms with Gasteiger partial charge in [0.05, 0.1) is 19.8 Å². The highest BCUT2D eigenvalue weighted by molar-refractivity contribution is 6.74. The molecule has 4 atom stereocenters. The number of carbonyl (C=O) groups is 2. The second-order valence-electron chi connectivity index (χ2n) is 11.2. The Morgan fingerprint density at radius 1 is 1.07 bits per heavy atom. The smallest absolute Gasteiger partial charge is 0.323 e. The number of esters is 2. The van der Waals surface area contributed by atoms with Crippen LogP contribution in [0.25, 0.3) is 0 Å². The first-order chi connectivity index (χ1) is 13.2. The van der Waals surface area contributed by atoms with Crippen LogP contribution in [0.3, 0.4) is 0 Å². The molecule has 5 nitrogen and oxygen atoms in total. The van der Waals surface area contributed by atoms with Crippen LogP contribution in [-0.2, 0) is 23.5 Å². The molecule has 0 N–H and O–H groups in total. The lowest BCUT2D eigenvalue weighted by Gasteiger charge is -2.67. The van der Waals surface area contributed by atoms with Gasteiger partial charge >= 0.3 is 11.9 Å². The van der Waals surface area contributed by atoms with Crippen molar-refractivity contribution in [2.45, 2.75) is 84.0 Å². The number of rotatable bonds is 4. The molecule has 0 amide bonds. The molecular weight excluding hydrogens is 384 g/mol. The first-order valence-electron chi connectivity index (χ1n) is 10.8. The second kappa shape index (κ2) is 6.68. The fraction of sp³-hybridized carbons (Fsp3) is 0.826. The van der Waals surface area contributed by atoms with E-state index >= 15 is 0 Å². The van der Waals surface area contributed by atoms with Crippen molar-refractivity contribution in [2.24, 2.45) is 22.7 Å². The van der Waals surface area contributed by atoms with E-state index in [0.29, 0.717) is 12.8 Å². The number of allylic oxidation sites excluding steroid dienone is 1. The van der Waals surface area contributed by atoms with Crippen molar-refractivity contribution in [3.05, 3.63) is 11.6 Å². The molecule has 2 fully saturated rings. The molecule has 0 unspecified atom stereocenters. The lowest BCUT2D eigenvalue weighted by Crippen LogP contribution is -2.67. The third kappa shape index (κ3) is 2.88. The number of hydrogen-bond donors (Lipinski definition) is 0. The summed E-state index contributed by atoms with van der Waals surface area (Å²) in [5.74, 6) is -0.579. The Morgan fingerprint density at radius 2 is 1.62 bits per heavy atom.